The molecule has 39 heavy (non-hydrogen) atoms. The quantitative estimate of drug-likeness (QED) is 0.292. The van der Waals surface area contributed by atoms with E-state index in [-0.39, 0.29) is 12.2 Å². The molecule has 0 aliphatic carbocycles. The van der Waals surface area contributed by atoms with Crippen LogP contribution in [0, 0.1) is 0 Å². The van der Waals surface area contributed by atoms with Crippen molar-refractivity contribution in [3.8, 4) is 17.2 Å². The fourth-order valence-corrected chi connectivity index (χ4v) is 6.38. The molecule has 0 bridgehead atoms. The van der Waals surface area contributed by atoms with Crippen molar-refractivity contribution in [1.29, 1.82) is 0 Å². The van der Waals surface area contributed by atoms with E-state index >= 15 is 0 Å². The van der Waals surface area contributed by atoms with Crippen LogP contribution < -0.4 is 29.1 Å². The number of benzene rings is 2. The first-order valence-electron chi connectivity index (χ1n) is 12.4. The summed E-state index contributed by atoms with van der Waals surface area (Å²) in [5, 5.41) is 0. The molecular weight excluding hydrogens is 652 g/mol. The molecule has 8 nitrogen and oxygen atoms in total. The Bertz CT molecular complexity index is 1630. The molecule has 0 spiro atoms. The number of ether oxygens (including phenoxy) is 4. The number of hydrogen-bond acceptors (Lipinski definition) is 8. The molecule has 0 saturated heterocycles. The highest BCUT2D eigenvalue weighted by Crippen LogP contribution is 2.36. The van der Waals surface area contributed by atoms with Gasteiger partial charge in [-0.25, -0.2) is 9.79 Å². The van der Waals surface area contributed by atoms with Crippen molar-refractivity contribution in [2.24, 2.45) is 4.99 Å². The lowest BCUT2D eigenvalue weighted by atomic mass is 9.96. The van der Waals surface area contributed by atoms with Crippen molar-refractivity contribution in [3.05, 3.63) is 81.4 Å². The molecule has 206 valence electrons. The lowest BCUT2D eigenvalue weighted by Crippen LogP contribution is -2.40. The monoisotopic (exact) mass is 678 g/mol. The molecule has 3 aromatic rings. The van der Waals surface area contributed by atoms with Gasteiger partial charge in [0.2, 0.25) is 0 Å². The van der Waals surface area contributed by atoms with Gasteiger partial charge in [0.1, 0.15) is 17.2 Å². The summed E-state index contributed by atoms with van der Waals surface area (Å²) < 4.78 is 25.8. The van der Waals surface area contributed by atoms with Crippen molar-refractivity contribution in [2.75, 3.05) is 26.9 Å². The number of aromatic nitrogens is 1. The summed E-state index contributed by atoms with van der Waals surface area (Å²) in [6.45, 7) is 8.46. The van der Waals surface area contributed by atoms with Gasteiger partial charge in [0.05, 0.1) is 57.7 Å². The highest BCUT2D eigenvalue weighted by atomic mass is 79.9. The number of fused-ring (bicyclic) bond motifs is 1. The zero-order valence-corrected chi connectivity index (χ0v) is 26.2. The van der Waals surface area contributed by atoms with Crippen molar-refractivity contribution < 1.29 is 23.7 Å². The Kier molecular flexibility index (Phi) is 9.35. The van der Waals surface area contributed by atoms with Gasteiger partial charge in [-0.1, -0.05) is 17.4 Å². The van der Waals surface area contributed by atoms with Crippen molar-refractivity contribution in [1.82, 2.24) is 4.57 Å². The molecule has 0 amide bonds. The molecule has 2 heterocycles. The van der Waals surface area contributed by atoms with Crippen LogP contribution in [0.1, 0.15) is 44.9 Å². The van der Waals surface area contributed by atoms with Crippen LogP contribution in [0.5, 0.6) is 17.2 Å². The predicted octanol–water partition coefficient (Wildman–Crippen LogP) is 5.13. The molecule has 2 aromatic carbocycles. The van der Waals surface area contributed by atoms with E-state index in [0.29, 0.717) is 66.7 Å². The van der Waals surface area contributed by atoms with Gasteiger partial charge < -0.3 is 18.9 Å². The number of carbonyl (C=O) groups excluding carboxylic acids is 1. The van der Waals surface area contributed by atoms with Gasteiger partial charge in [-0.2, -0.15) is 0 Å². The molecule has 1 aliphatic rings. The Morgan fingerprint density at radius 1 is 1.03 bits per heavy atom. The SMILES string of the molecule is CCOC(=O)C1=C(C)N=c2s/c(=C\c3cc(Br)c(OCC)cc3OCC)c(=O)n2[C@H]1c1ccc(OC)c(Br)c1. The van der Waals surface area contributed by atoms with E-state index in [2.05, 4.69) is 36.9 Å². The summed E-state index contributed by atoms with van der Waals surface area (Å²) >= 11 is 8.33. The maximum absolute atomic E-state index is 14.0. The molecule has 0 N–H and O–H groups in total. The average Bonchev–Trinajstić information content (AvgIpc) is 3.20. The van der Waals surface area contributed by atoms with E-state index in [1.54, 1.807) is 43.7 Å². The van der Waals surface area contributed by atoms with E-state index in [0.717, 1.165) is 4.47 Å². The zero-order valence-electron chi connectivity index (χ0n) is 22.2. The van der Waals surface area contributed by atoms with E-state index in [4.69, 9.17) is 18.9 Å². The number of esters is 1. The summed E-state index contributed by atoms with van der Waals surface area (Å²) in [6, 6.07) is 8.40. The third kappa shape index (κ3) is 5.85. The van der Waals surface area contributed by atoms with Gasteiger partial charge >= 0.3 is 5.97 Å². The summed E-state index contributed by atoms with van der Waals surface area (Å²) in [5.41, 5.74) is 1.95. The molecular formula is C28H28Br2N2O6S. The average molecular weight is 680 g/mol. The molecule has 1 aromatic heterocycles. The van der Waals surface area contributed by atoms with Gasteiger partial charge in [-0.15, -0.1) is 0 Å². The van der Waals surface area contributed by atoms with Crippen LogP contribution in [0.25, 0.3) is 6.08 Å². The van der Waals surface area contributed by atoms with Gasteiger partial charge in [-0.05, 0) is 89.4 Å². The fourth-order valence-electron chi connectivity index (χ4n) is 4.31. The predicted molar refractivity (Wildman–Crippen MR) is 158 cm³/mol. The fraction of sp³-hybridized carbons (Fsp3) is 0.321. The van der Waals surface area contributed by atoms with Crippen LogP contribution in [0.15, 0.2) is 60.3 Å². The topological polar surface area (TPSA) is 88.4 Å². The van der Waals surface area contributed by atoms with Crippen LogP contribution in [-0.2, 0) is 9.53 Å². The molecule has 0 saturated carbocycles. The number of carbonyl (C=O) groups is 1. The Morgan fingerprint density at radius 3 is 2.36 bits per heavy atom. The summed E-state index contributed by atoms with van der Waals surface area (Å²) in [7, 11) is 1.58. The first-order chi connectivity index (χ1) is 18.7. The van der Waals surface area contributed by atoms with Crippen LogP contribution >= 0.6 is 43.2 Å². The number of methoxy groups -OCH3 is 1. The normalized spacial score (nSPS) is 15.1. The maximum atomic E-state index is 14.0. The second-order valence-corrected chi connectivity index (χ2v) is 11.1. The number of halogens is 2. The highest BCUT2D eigenvalue weighted by Gasteiger charge is 2.33. The third-order valence-corrected chi connectivity index (χ3v) is 8.18. The smallest absolute Gasteiger partial charge is 0.338 e. The van der Waals surface area contributed by atoms with Crippen LogP contribution in [0.3, 0.4) is 0 Å². The lowest BCUT2D eigenvalue weighted by Gasteiger charge is -2.25. The van der Waals surface area contributed by atoms with Crippen molar-refractivity contribution in [3.63, 3.8) is 0 Å². The van der Waals surface area contributed by atoms with E-state index < -0.39 is 12.0 Å². The molecule has 0 fully saturated rings. The Balaban J connectivity index is 1.95. The molecule has 1 atom stereocenters. The van der Waals surface area contributed by atoms with Crippen molar-refractivity contribution >= 4 is 55.2 Å². The van der Waals surface area contributed by atoms with Gasteiger partial charge in [0.25, 0.3) is 5.56 Å². The summed E-state index contributed by atoms with van der Waals surface area (Å²) in [4.78, 5) is 32.2. The van der Waals surface area contributed by atoms with Gasteiger partial charge in [0.15, 0.2) is 4.80 Å². The summed E-state index contributed by atoms with van der Waals surface area (Å²) in [5.74, 6) is 1.36. The first kappa shape index (κ1) is 29.1. The minimum absolute atomic E-state index is 0.200. The molecule has 1 aliphatic heterocycles. The standard InChI is InChI=1S/C28H28Br2N2O6S/c1-6-36-21-14-22(37-7-2)19(30)12-17(21)13-23-26(33)32-25(16-9-10-20(35-5)18(29)11-16)24(27(34)38-8-3)15(4)31-28(32)39-23/h9-14,25H,6-8H2,1-5H3/b23-13-/t25-/m0/s1. The second kappa shape index (κ2) is 12.5. The molecule has 0 radical (unpaired) electrons. The first-order valence-corrected chi connectivity index (χ1v) is 14.8. The van der Waals surface area contributed by atoms with E-state index in [9.17, 15) is 9.59 Å². The van der Waals surface area contributed by atoms with E-state index in [1.807, 2.05) is 32.0 Å². The molecule has 4 rings (SSSR count). The molecule has 0 unspecified atom stereocenters. The number of hydrogen-bond donors (Lipinski definition) is 0. The lowest BCUT2D eigenvalue weighted by molar-refractivity contribution is -0.139. The number of thiazole rings is 1. The minimum atomic E-state index is -0.733. The summed E-state index contributed by atoms with van der Waals surface area (Å²) in [6.07, 6.45) is 1.78. The second-order valence-electron chi connectivity index (χ2n) is 8.38. The van der Waals surface area contributed by atoms with Crippen LogP contribution in [0.4, 0.5) is 0 Å². The third-order valence-electron chi connectivity index (χ3n) is 5.96. The Hall–Kier alpha value is -2.89. The number of nitrogens with zero attached hydrogens (tertiary/aromatic N) is 2. The highest BCUT2D eigenvalue weighted by molar-refractivity contribution is 9.10. The number of rotatable bonds is 9. The number of allylic oxidation sites excluding steroid dienone is 1. The maximum Gasteiger partial charge on any atom is 0.338 e. The minimum Gasteiger partial charge on any atom is -0.496 e. The zero-order chi connectivity index (χ0) is 28.3. The van der Waals surface area contributed by atoms with Crippen molar-refractivity contribution in [2.45, 2.75) is 33.7 Å². The van der Waals surface area contributed by atoms with Crippen LogP contribution in [0.2, 0.25) is 0 Å². The Morgan fingerprint density at radius 2 is 1.72 bits per heavy atom. The largest absolute Gasteiger partial charge is 0.496 e. The molecule has 11 heteroatoms. The van der Waals surface area contributed by atoms with Gasteiger partial charge in [0, 0.05) is 11.6 Å². The van der Waals surface area contributed by atoms with E-state index in [1.165, 1.54) is 11.3 Å². The van der Waals surface area contributed by atoms with Gasteiger partial charge in [-0.3, -0.25) is 9.36 Å². The Labute approximate surface area is 246 Å². The van der Waals surface area contributed by atoms with Crippen LogP contribution in [-0.4, -0.2) is 37.5 Å².